The Morgan fingerprint density at radius 1 is 1.33 bits per heavy atom. The molecule has 0 heterocycles. The van der Waals surface area contributed by atoms with Crippen molar-refractivity contribution in [3.63, 3.8) is 0 Å². The zero-order valence-corrected chi connectivity index (χ0v) is 12.6. The zero-order valence-electron chi connectivity index (χ0n) is 10.9. The lowest BCUT2D eigenvalue weighted by Crippen LogP contribution is -2.34. The van der Waals surface area contributed by atoms with Gasteiger partial charge in [0.15, 0.2) is 0 Å². The second-order valence-electron chi connectivity index (χ2n) is 3.93. The molecule has 1 aromatic carbocycles. The van der Waals surface area contributed by atoms with Gasteiger partial charge in [0.1, 0.15) is 4.90 Å². The van der Waals surface area contributed by atoms with E-state index in [-0.39, 0.29) is 6.04 Å². The molecule has 0 amide bonds. The van der Waals surface area contributed by atoms with Crippen molar-refractivity contribution in [2.24, 2.45) is 0 Å². The summed E-state index contributed by atoms with van der Waals surface area (Å²) in [5.74, 6) is 1.76. The largest absolute Gasteiger partial charge is 0.387 e. The highest BCUT2D eigenvalue weighted by Crippen LogP contribution is 2.20. The Balaban J connectivity index is 2.86. The first-order chi connectivity index (χ1) is 8.51. The van der Waals surface area contributed by atoms with Crippen molar-refractivity contribution in [3.05, 3.63) is 24.3 Å². The number of hydrogen-bond donors (Lipinski definition) is 2. The fraction of sp³-hybridized carbons (Fsp3) is 0.500. The molecule has 1 aromatic rings. The second-order valence-corrected chi connectivity index (χ2v) is 6.93. The molecule has 0 aliphatic heterocycles. The molecule has 0 saturated heterocycles. The van der Waals surface area contributed by atoms with E-state index in [1.165, 1.54) is 0 Å². The standard InChI is InChI=1S/C12H20N2O2S2/c1-4-17-9-10(2)14-18(15,16)12-8-6-5-7-11(12)13-3/h5-8,10,13-14H,4,9H2,1-3H3. The summed E-state index contributed by atoms with van der Waals surface area (Å²) in [7, 11) is -1.75. The molecule has 18 heavy (non-hydrogen) atoms. The molecule has 0 saturated carbocycles. The highest BCUT2D eigenvalue weighted by molar-refractivity contribution is 7.99. The van der Waals surface area contributed by atoms with E-state index in [2.05, 4.69) is 17.0 Å². The van der Waals surface area contributed by atoms with Gasteiger partial charge in [-0.25, -0.2) is 13.1 Å². The van der Waals surface area contributed by atoms with Crippen molar-refractivity contribution in [2.45, 2.75) is 24.8 Å². The van der Waals surface area contributed by atoms with Gasteiger partial charge < -0.3 is 5.32 Å². The minimum absolute atomic E-state index is 0.0788. The normalized spacial score (nSPS) is 13.3. The number of anilines is 1. The summed E-state index contributed by atoms with van der Waals surface area (Å²) in [6.45, 7) is 3.93. The van der Waals surface area contributed by atoms with Crippen LogP contribution in [0, 0.1) is 0 Å². The maximum Gasteiger partial charge on any atom is 0.242 e. The molecule has 0 aliphatic rings. The predicted molar refractivity (Wildman–Crippen MR) is 78.8 cm³/mol. The van der Waals surface area contributed by atoms with Gasteiger partial charge in [0, 0.05) is 18.8 Å². The number of hydrogen-bond acceptors (Lipinski definition) is 4. The van der Waals surface area contributed by atoms with Gasteiger partial charge in [-0.2, -0.15) is 11.8 Å². The number of nitrogens with one attached hydrogen (secondary N) is 2. The number of para-hydroxylation sites is 1. The summed E-state index contributed by atoms with van der Waals surface area (Å²) in [6, 6.07) is 6.81. The first kappa shape index (κ1) is 15.3. The van der Waals surface area contributed by atoms with E-state index in [4.69, 9.17) is 0 Å². The Bertz CT molecular complexity index is 475. The van der Waals surface area contributed by atoms with Crippen LogP contribution in [0.25, 0.3) is 0 Å². The fourth-order valence-electron chi connectivity index (χ4n) is 1.56. The van der Waals surface area contributed by atoms with Gasteiger partial charge in [-0.1, -0.05) is 19.1 Å². The van der Waals surface area contributed by atoms with Gasteiger partial charge >= 0.3 is 0 Å². The molecule has 0 spiro atoms. The predicted octanol–water partition coefficient (Wildman–Crippen LogP) is 2.15. The zero-order chi connectivity index (χ0) is 13.6. The van der Waals surface area contributed by atoms with E-state index in [0.717, 1.165) is 11.5 Å². The molecule has 0 radical (unpaired) electrons. The highest BCUT2D eigenvalue weighted by atomic mass is 32.2. The molecule has 4 nitrogen and oxygen atoms in total. The van der Waals surface area contributed by atoms with Crippen molar-refractivity contribution >= 4 is 27.5 Å². The Morgan fingerprint density at radius 3 is 2.61 bits per heavy atom. The summed E-state index contributed by atoms with van der Waals surface area (Å²) in [4.78, 5) is 0.292. The lowest BCUT2D eigenvalue weighted by atomic mass is 10.3. The Labute approximate surface area is 114 Å². The van der Waals surface area contributed by atoms with Gasteiger partial charge in [-0.15, -0.1) is 0 Å². The van der Waals surface area contributed by atoms with E-state index >= 15 is 0 Å². The van der Waals surface area contributed by atoms with Crippen LogP contribution in [0.3, 0.4) is 0 Å². The Kier molecular flexibility index (Phi) is 5.98. The average molecular weight is 288 g/mol. The molecule has 102 valence electrons. The van der Waals surface area contributed by atoms with E-state index < -0.39 is 10.0 Å². The molecule has 1 atom stereocenters. The third-order valence-corrected chi connectivity index (χ3v) is 5.17. The molecule has 0 fully saturated rings. The molecule has 0 aromatic heterocycles. The van der Waals surface area contributed by atoms with Crippen LogP contribution in [-0.2, 0) is 10.0 Å². The number of sulfonamides is 1. The molecule has 1 rings (SSSR count). The minimum Gasteiger partial charge on any atom is -0.387 e. The maximum absolute atomic E-state index is 12.2. The van der Waals surface area contributed by atoms with Crippen LogP contribution in [0.4, 0.5) is 5.69 Å². The van der Waals surface area contributed by atoms with E-state index in [1.54, 1.807) is 43.1 Å². The summed E-state index contributed by atoms with van der Waals surface area (Å²) in [6.07, 6.45) is 0. The van der Waals surface area contributed by atoms with E-state index in [9.17, 15) is 8.42 Å². The van der Waals surface area contributed by atoms with Crippen molar-refractivity contribution in [2.75, 3.05) is 23.9 Å². The molecule has 1 unspecified atom stereocenters. The molecule has 0 aliphatic carbocycles. The summed E-state index contributed by atoms with van der Waals surface area (Å²) < 4.78 is 27.1. The molecular weight excluding hydrogens is 268 g/mol. The smallest absolute Gasteiger partial charge is 0.242 e. The van der Waals surface area contributed by atoms with Gasteiger partial charge in [-0.05, 0) is 24.8 Å². The van der Waals surface area contributed by atoms with Gasteiger partial charge in [0.25, 0.3) is 0 Å². The van der Waals surface area contributed by atoms with Crippen LogP contribution in [0.1, 0.15) is 13.8 Å². The van der Waals surface area contributed by atoms with Crippen LogP contribution in [-0.4, -0.2) is 33.0 Å². The third-order valence-electron chi connectivity index (χ3n) is 2.37. The summed E-state index contributed by atoms with van der Waals surface area (Å²) in [5, 5.41) is 2.89. The Morgan fingerprint density at radius 2 is 2.00 bits per heavy atom. The number of rotatable bonds is 7. The number of benzene rings is 1. The fourth-order valence-corrected chi connectivity index (χ4v) is 3.80. The van der Waals surface area contributed by atoms with Gasteiger partial charge in [0.2, 0.25) is 10.0 Å². The molecular formula is C12H20N2O2S2. The monoisotopic (exact) mass is 288 g/mol. The van der Waals surface area contributed by atoms with Crippen molar-refractivity contribution in [3.8, 4) is 0 Å². The van der Waals surface area contributed by atoms with Crippen LogP contribution < -0.4 is 10.0 Å². The van der Waals surface area contributed by atoms with E-state index in [1.807, 2.05) is 6.92 Å². The van der Waals surface area contributed by atoms with Crippen LogP contribution >= 0.6 is 11.8 Å². The van der Waals surface area contributed by atoms with Crippen LogP contribution in [0.2, 0.25) is 0 Å². The Hall–Kier alpha value is -0.720. The van der Waals surface area contributed by atoms with Crippen molar-refractivity contribution in [1.29, 1.82) is 0 Å². The maximum atomic E-state index is 12.2. The van der Waals surface area contributed by atoms with Gasteiger partial charge in [0.05, 0.1) is 5.69 Å². The summed E-state index contributed by atoms with van der Waals surface area (Å²) >= 11 is 1.72. The van der Waals surface area contributed by atoms with Gasteiger partial charge in [-0.3, -0.25) is 0 Å². The summed E-state index contributed by atoms with van der Waals surface area (Å²) in [5.41, 5.74) is 0.611. The second kappa shape index (κ2) is 7.01. The lowest BCUT2D eigenvalue weighted by Gasteiger charge is -2.15. The molecule has 2 N–H and O–H groups in total. The average Bonchev–Trinajstić information content (AvgIpc) is 2.35. The molecule has 0 bridgehead atoms. The van der Waals surface area contributed by atoms with Crippen LogP contribution in [0.5, 0.6) is 0 Å². The highest BCUT2D eigenvalue weighted by Gasteiger charge is 2.19. The number of thioether (sulfide) groups is 1. The molecule has 6 heteroatoms. The topological polar surface area (TPSA) is 58.2 Å². The van der Waals surface area contributed by atoms with E-state index in [0.29, 0.717) is 10.6 Å². The SMILES string of the molecule is CCSCC(C)NS(=O)(=O)c1ccccc1NC. The third kappa shape index (κ3) is 4.19. The first-order valence-electron chi connectivity index (χ1n) is 5.88. The minimum atomic E-state index is -3.46. The first-order valence-corrected chi connectivity index (χ1v) is 8.52. The lowest BCUT2D eigenvalue weighted by molar-refractivity contribution is 0.571. The van der Waals surface area contributed by atoms with Crippen LogP contribution in [0.15, 0.2) is 29.2 Å². The quantitative estimate of drug-likeness (QED) is 0.807. The van der Waals surface area contributed by atoms with Crippen molar-refractivity contribution in [1.82, 2.24) is 4.72 Å². The van der Waals surface area contributed by atoms with Crippen molar-refractivity contribution < 1.29 is 8.42 Å².